The lowest BCUT2D eigenvalue weighted by molar-refractivity contribution is 0.0336. The summed E-state index contributed by atoms with van der Waals surface area (Å²) in [5, 5.41) is 13.3. The van der Waals surface area contributed by atoms with Crippen molar-refractivity contribution in [3.63, 3.8) is 0 Å². The molecule has 0 saturated heterocycles. The van der Waals surface area contributed by atoms with Gasteiger partial charge in [-0.1, -0.05) is 12.1 Å². The predicted octanol–water partition coefficient (Wildman–Crippen LogP) is 0.188. The van der Waals surface area contributed by atoms with Gasteiger partial charge in [-0.2, -0.15) is 0 Å². The molecule has 0 aliphatic rings. The first-order valence-electron chi connectivity index (χ1n) is 6.27. The Bertz CT molecular complexity index is 413. The molecule has 1 aromatic rings. The molecule has 1 rings (SSSR count). The van der Waals surface area contributed by atoms with E-state index >= 15 is 0 Å². The molecule has 5 nitrogen and oxygen atoms in total. The molecule has 0 fully saturated rings. The maximum absolute atomic E-state index is 10.9. The molecule has 0 radical (unpaired) electrons. The Hall–Kier alpha value is -1.43. The third kappa shape index (κ3) is 5.83. The lowest BCUT2D eigenvalue weighted by Gasteiger charge is -2.27. The van der Waals surface area contributed by atoms with Crippen LogP contribution in [-0.4, -0.2) is 48.7 Å². The van der Waals surface area contributed by atoms with Gasteiger partial charge in [0, 0.05) is 25.2 Å². The number of carbonyl (C=O) groups is 1. The molecular formula is C14H23N3O2. The second-order valence-electron chi connectivity index (χ2n) is 5.40. The maximum Gasteiger partial charge on any atom is 0.248 e. The fraction of sp³-hybridized carbons (Fsp3) is 0.500. The van der Waals surface area contributed by atoms with Crippen LogP contribution in [0.25, 0.3) is 0 Å². The smallest absolute Gasteiger partial charge is 0.248 e. The molecule has 1 aromatic carbocycles. The number of carbonyl (C=O) groups excluding carboxylic acids is 1. The zero-order chi connectivity index (χ0) is 14.5. The summed E-state index contributed by atoms with van der Waals surface area (Å²) in [4.78, 5) is 12.9. The highest BCUT2D eigenvalue weighted by Crippen LogP contribution is 2.06. The molecule has 19 heavy (non-hydrogen) atoms. The van der Waals surface area contributed by atoms with Crippen LogP contribution >= 0.6 is 0 Å². The van der Waals surface area contributed by atoms with Crippen LogP contribution in [0.1, 0.15) is 22.8 Å². The molecule has 1 amide bonds. The second kappa shape index (κ2) is 6.65. The number of hydrogen-bond acceptors (Lipinski definition) is 4. The maximum atomic E-state index is 10.9. The Morgan fingerprint density at radius 1 is 1.37 bits per heavy atom. The van der Waals surface area contributed by atoms with E-state index in [0.717, 1.165) is 5.56 Å². The summed E-state index contributed by atoms with van der Waals surface area (Å²) in [5.41, 5.74) is 5.96. The summed E-state index contributed by atoms with van der Waals surface area (Å²) < 4.78 is 0. The summed E-state index contributed by atoms with van der Waals surface area (Å²) in [6.45, 7) is 3.54. The van der Waals surface area contributed by atoms with Crippen molar-refractivity contribution in [2.24, 2.45) is 5.73 Å². The first kappa shape index (κ1) is 15.6. The summed E-state index contributed by atoms with van der Waals surface area (Å²) >= 11 is 0. The Morgan fingerprint density at radius 2 is 1.95 bits per heavy atom. The zero-order valence-electron chi connectivity index (χ0n) is 11.8. The van der Waals surface area contributed by atoms with E-state index in [2.05, 4.69) is 5.32 Å². The van der Waals surface area contributed by atoms with E-state index in [1.165, 1.54) is 0 Å². The van der Waals surface area contributed by atoms with Gasteiger partial charge in [-0.25, -0.2) is 0 Å². The molecule has 0 heterocycles. The molecule has 1 unspecified atom stereocenters. The van der Waals surface area contributed by atoms with Gasteiger partial charge in [-0.05, 0) is 38.7 Å². The fourth-order valence-electron chi connectivity index (χ4n) is 2.00. The van der Waals surface area contributed by atoms with Gasteiger partial charge in [0.25, 0.3) is 0 Å². The van der Waals surface area contributed by atoms with Crippen LogP contribution in [0.3, 0.4) is 0 Å². The topological polar surface area (TPSA) is 78.6 Å². The van der Waals surface area contributed by atoms with Crippen molar-refractivity contribution in [1.82, 2.24) is 10.2 Å². The first-order valence-corrected chi connectivity index (χ1v) is 6.27. The second-order valence-corrected chi connectivity index (χ2v) is 5.40. The molecule has 0 bridgehead atoms. The molecule has 5 heteroatoms. The average Bonchev–Trinajstić information content (AvgIpc) is 2.27. The number of aliphatic hydroxyl groups is 1. The van der Waals surface area contributed by atoms with Crippen LogP contribution in [0.4, 0.5) is 0 Å². The van der Waals surface area contributed by atoms with Crippen molar-refractivity contribution < 1.29 is 9.90 Å². The molecule has 0 aliphatic heterocycles. The van der Waals surface area contributed by atoms with Crippen molar-refractivity contribution in [1.29, 1.82) is 0 Å². The monoisotopic (exact) mass is 265 g/mol. The van der Waals surface area contributed by atoms with E-state index in [1.54, 1.807) is 19.1 Å². The highest BCUT2D eigenvalue weighted by Gasteiger charge is 2.20. The van der Waals surface area contributed by atoms with Crippen molar-refractivity contribution in [3.8, 4) is 0 Å². The van der Waals surface area contributed by atoms with Gasteiger partial charge >= 0.3 is 0 Å². The van der Waals surface area contributed by atoms with Crippen molar-refractivity contribution >= 4 is 5.91 Å². The molecule has 106 valence electrons. The molecule has 4 N–H and O–H groups in total. The Morgan fingerprint density at radius 3 is 2.42 bits per heavy atom. The van der Waals surface area contributed by atoms with Gasteiger partial charge in [-0.15, -0.1) is 0 Å². The minimum atomic E-state index is -0.767. The Kier molecular flexibility index (Phi) is 5.47. The minimum Gasteiger partial charge on any atom is -0.388 e. The average molecular weight is 265 g/mol. The number of rotatable bonds is 7. The number of nitrogens with zero attached hydrogens (tertiary/aromatic N) is 1. The number of likely N-dealkylation sites (N-methyl/N-ethyl adjacent to an activating group) is 1. The molecule has 0 spiro atoms. The fourth-order valence-corrected chi connectivity index (χ4v) is 2.00. The zero-order valence-corrected chi connectivity index (χ0v) is 11.8. The molecular weight excluding hydrogens is 242 g/mol. The van der Waals surface area contributed by atoms with E-state index in [9.17, 15) is 9.90 Å². The van der Waals surface area contributed by atoms with Crippen molar-refractivity contribution in [3.05, 3.63) is 35.4 Å². The lowest BCUT2D eigenvalue weighted by atomic mass is 10.1. The van der Waals surface area contributed by atoms with Crippen LogP contribution < -0.4 is 11.1 Å². The highest BCUT2D eigenvalue weighted by atomic mass is 16.3. The van der Waals surface area contributed by atoms with Gasteiger partial charge < -0.3 is 21.1 Å². The number of primary amides is 1. The quantitative estimate of drug-likeness (QED) is 0.657. The SMILES string of the molecule is CN(C)CC(C)(O)CNCc1ccc(C(N)=O)cc1. The van der Waals surface area contributed by atoms with Crippen molar-refractivity contribution in [2.45, 2.75) is 19.1 Å². The summed E-state index contributed by atoms with van der Waals surface area (Å²) in [6, 6.07) is 7.12. The van der Waals surface area contributed by atoms with E-state index in [4.69, 9.17) is 5.73 Å². The predicted molar refractivity (Wildman–Crippen MR) is 75.8 cm³/mol. The molecule has 0 saturated carbocycles. The summed E-state index contributed by atoms with van der Waals surface area (Å²) in [7, 11) is 3.86. The van der Waals surface area contributed by atoms with Crippen molar-refractivity contribution in [2.75, 3.05) is 27.2 Å². The van der Waals surface area contributed by atoms with Crippen LogP contribution in [0.2, 0.25) is 0 Å². The third-order valence-corrected chi connectivity index (χ3v) is 2.73. The summed E-state index contributed by atoms with van der Waals surface area (Å²) in [6.07, 6.45) is 0. The number of benzene rings is 1. The van der Waals surface area contributed by atoms with Gasteiger partial charge in [-0.3, -0.25) is 4.79 Å². The van der Waals surface area contributed by atoms with E-state index in [1.807, 2.05) is 31.1 Å². The van der Waals surface area contributed by atoms with Gasteiger partial charge in [0.05, 0.1) is 5.60 Å². The van der Waals surface area contributed by atoms with Gasteiger partial charge in [0.15, 0.2) is 0 Å². The third-order valence-electron chi connectivity index (χ3n) is 2.73. The number of nitrogens with one attached hydrogen (secondary N) is 1. The first-order chi connectivity index (χ1) is 8.80. The molecule has 0 aliphatic carbocycles. The van der Waals surface area contributed by atoms with E-state index in [0.29, 0.717) is 25.2 Å². The number of nitrogens with two attached hydrogens (primary N) is 1. The largest absolute Gasteiger partial charge is 0.388 e. The Balaban J connectivity index is 2.42. The number of amides is 1. The molecule has 0 aromatic heterocycles. The van der Waals surface area contributed by atoms with Crippen LogP contribution in [0, 0.1) is 0 Å². The lowest BCUT2D eigenvalue weighted by Crippen LogP contribution is -2.45. The Labute approximate surface area is 114 Å². The van der Waals surface area contributed by atoms with Crippen LogP contribution in [0.5, 0.6) is 0 Å². The van der Waals surface area contributed by atoms with Crippen LogP contribution in [0.15, 0.2) is 24.3 Å². The standard InChI is InChI=1S/C14H23N3O2/c1-14(19,10-17(2)3)9-16-8-11-4-6-12(7-5-11)13(15)18/h4-7,16,19H,8-10H2,1-3H3,(H2,15,18). The van der Waals surface area contributed by atoms with Gasteiger partial charge in [0.2, 0.25) is 5.91 Å². The normalized spacial score (nSPS) is 14.4. The van der Waals surface area contributed by atoms with Gasteiger partial charge in [0.1, 0.15) is 0 Å². The highest BCUT2D eigenvalue weighted by molar-refractivity contribution is 5.92. The van der Waals surface area contributed by atoms with E-state index < -0.39 is 11.5 Å². The minimum absolute atomic E-state index is 0.423. The summed E-state index contributed by atoms with van der Waals surface area (Å²) in [5.74, 6) is -0.423. The molecule has 1 atom stereocenters. The van der Waals surface area contributed by atoms with Crippen LogP contribution in [-0.2, 0) is 6.54 Å². The van der Waals surface area contributed by atoms with E-state index in [-0.39, 0.29) is 0 Å². The number of hydrogen-bond donors (Lipinski definition) is 3.